The summed E-state index contributed by atoms with van der Waals surface area (Å²) in [7, 11) is -3.93. The summed E-state index contributed by atoms with van der Waals surface area (Å²) in [5, 5.41) is 0.161. The maximum absolute atomic E-state index is 13.8. The predicted octanol–water partition coefficient (Wildman–Crippen LogP) is 2.67. The molecule has 118 valence electrons. The molecule has 0 aromatic heterocycles. The second-order valence-corrected chi connectivity index (χ2v) is 7.56. The normalized spacial score (nSPS) is 18.6. The molecule has 21 heavy (non-hydrogen) atoms. The highest BCUT2D eigenvalue weighted by Crippen LogP contribution is 2.27. The van der Waals surface area contributed by atoms with E-state index >= 15 is 0 Å². The van der Waals surface area contributed by atoms with Gasteiger partial charge in [0.1, 0.15) is 10.7 Å². The topological polar surface area (TPSA) is 72.2 Å². The molecule has 1 saturated carbocycles. The minimum absolute atomic E-state index is 0.161. The van der Waals surface area contributed by atoms with E-state index in [-0.39, 0.29) is 28.4 Å². The first-order valence-electron chi connectivity index (χ1n) is 7.11. The molecule has 2 rings (SSSR count). The van der Waals surface area contributed by atoms with Gasteiger partial charge in [-0.2, -0.15) is 0 Å². The molecule has 0 saturated heterocycles. The maximum Gasteiger partial charge on any atom is 0.243 e. The van der Waals surface area contributed by atoms with Gasteiger partial charge in [0, 0.05) is 17.6 Å². The molecule has 0 heterocycles. The summed E-state index contributed by atoms with van der Waals surface area (Å²) in [5.74, 6) is -0.636. The lowest BCUT2D eigenvalue weighted by Gasteiger charge is -2.29. The molecular weight excluding hydrogens is 315 g/mol. The summed E-state index contributed by atoms with van der Waals surface area (Å²) in [6.07, 6.45) is 5.24. The van der Waals surface area contributed by atoms with Crippen molar-refractivity contribution in [1.82, 2.24) is 4.72 Å². The van der Waals surface area contributed by atoms with E-state index in [9.17, 15) is 12.8 Å². The number of nitrogens with one attached hydrogen (secondary N) is 1. The first kappa shape index (κ1) is 16.7. The lowest BCUT2D eigenvalue weighted by Crippen LogP contribution is -2.46. The van der Waals surface area contributed by atoms with E-state index in [1.807, 2.05) is 0 Å². The summed E-state index contributed by atoms with van der Waals surface area (Å²) >= 11 is 5.65. The van der Waals surface area contributed by atoms with E-state index in [4.69, 9.17) is 17.3 Å². The summed E-state index contributed by atoms with van der Waals surface area (Å²) in [6, 6.07) is 3.17. The molecule has 1 aromatic carbocycles. The lowest BCUT2D eigenvalue weighted by molar-refractivity contribution is 0.294. The van der Waals surface area contributed by atoms with Crippen LogP contribution >= 0.6 is 11.6 Å². The van der Waals surface area contributed by atoms with Crippen LogP contribution < -0.4 is 10.5 Å². The zero-order valence-electron chi connectivity index (χ0n) is 11.7. The first-order valence-corrected chi connectivity index (χ1v) is 8.97. The second kappa shape index (κ2) is 7.05. The zero-order valence-corrected chi connectivity index (χ0v) is 13.3. The van der Waals surface area contributed by atoms with Gasteiger partial charge >= 0.3 is 0 Å². The highest BCUT2D eigenvalue weighted by molar-refractivity contribution is 7.89. The average molecular weight is 335 g/mol. The fraction of sp³-hybridized carbons (Fsp3) is 0.571. The minimum Gasteiger partial charge on any atom is -0.329 e. The number of benzene rings is 1. The Morgan fingerprint density at radius 1 is 1.33 bits per heavy atom. The molecule has 0 radical (unpaired) electrons. The highest BCUT2D eigenvalue weighted by atomic mass is 35.5. The number of sulfonamides is 1. The van der Waals surface area contributed by atoms with Crippen molar-refractivity contribution in [2.45, 2.75) is 43.0 Å². The predicted molar refractivity (Wildman–Crippen MR) is 81.1 cm³/mol. The Labute approximate surface area is 129 Å². The van der Waals surface area contributed by atoms with Crippen LogP contribution in [0.5, 0.6) is 0 Å². The Kier molecular flexibility index (Phi) is 5.60. The molecular formula is C14H20ClFN2O2S. The lowest BCUT2D eigenvalue weighted by atomic mass is 9.84. The van der Waals surface area contributed by atoms with Crippen molar-refractivity contribution >= 4 is 21.6 Å². The Hall–Kier alpha value is -0.690. The van der Waals surface area contributed by atoms with Gasteiger partial charge in [-0.3, -0.25) is 0 Å². The van der Waals surface area contributed by atoms with Crippen molar-refractivity contribution in [2.24, 2.45) is 11.7 Å². The van der Waals surface area contributed by atoms with Crippen LogP contribution in [0.25, 0.3) is 0 Å². The number of nitrogens with two attached hydrogens (primary N) is 1. The fourth-order valence-corrected chi connectivity index (χ4v) is 4.37. The van der Waals surface area contributed by atoms with Crippen molar-refractivity contribution in [2.75, 3.05) is 6.54 Å². The molecule has 1 atom stereocenters. The third-order valence-corrected chi connectivity index (χ3v) is 5.72. The van der Waals surface area contributed by atoms with Crippen LogP contribution in [0.15, 0.2) is 23.1 Å². The van der Waals surface area contributed by atoms with Gasteiger partial charge in [0.2, 0.25) is 10.0 Å². The van der Waals surface area contributed by atoms with Crippen LogP contribution in [0.4, 0.5) is 4.39 Å². The second-order valence-electron chi connectivity index (χ2n) is 5.44. The van der Waals surface area contributed by atoms with Gasteiger partial charge in [0.15, 0.2) is 0 Å². The van der Waals surface area contributed by atoms with E-state index in [1.165, 1.54) is 18.6 Å². The van der Waals surface area contributed by atoms with Gasteiger partial charge < -0.3 is 5.73 Å². The van der Waals surface area contributed by atoms with E-state index < -0.39 is 15.8 Å². The molecule has 1 fully saturated rings. The number of hydrogen-bond acceptors (Lipinski definition) is 3. The van der Waals surface area contributed by atoms with Gasteiger partial charge in [-0.05, 0) is 37.0 Å². The summed E-state index contributed by atoms with van der Waals surface area (Å²) in [5.41, 5.74) is 5.71. The molecule has 1 aliphatic carbocycles. The maximum atomic E-state index is 13.8. The standard InChI is InChI=1S/C14H20ClFN2O2S/c15-11-6-7-14(12(16)8-11)21(19,20)18-13(9-17)10-4-2-1-3-5-10/h6-8,10,13,18H,1-5,9,17H2/t13-/m1/s1. The van der Waals surface area contributed by atoms with Gasteiger partial charge in [-0.15, -0.1) is 0 Å². The smallest absolute Gasteiger partial charge is 0.243 e. The van der Waals surface area contributed by atoms with E-state index in [0.29, 0.717) is 0 Å². The third kappa shape index (κ3) is 4.16. The van der Waals surface area contributed by atoms with Crippen LogP contribution in [-0.2, 0) is 10.0 Å². The molecule has 0 bridgehead atoms. The van der Waals surface area contributed by atoms with Crippen molar-refractivity contribution < 1.29 is 12.8 Å². The monoisotopic (exact) mass is 334 g/mol. The SMILES string of the molecule is NC[C@@H](NS(=O)(=O)c1ccc(Cl)cc1F)C1CCCCC1. The number of hydrogen-bond donors (Lipinski definition) is 2. The van der Waals surface area contributed by atoms with Crippen LogP contribution in [0.1, 0.15) is 32.1 Å². The Morgan fingerprint density at radius 3 is 2.57 bits per heavy atom. The molecule has 1 aromatic rings. The van der Waals surface area contributed by atoms with Gasteiger partial charge in [-0.25, -0.2) is 17.5 Å². The van der Waals surface area contributed by atoms with Crippen molar-refractivity contribution in [3.8, 4) is 0 Å². The molecule has 0 aliphatic heterocycles. The van der Waals surface area contributed by atoms with Gasteiger partial charge in [-0.1, -0.05) is 30.9 Å². The quantitative estimate of drug-likeness (QED) is 0.869. The summed E-state index contributed by atoms with van der Waals surface area (Å²) < 4.78 is 41.0. The highest BCUT2D eigenvalue weighted by Gasteiger charge is 2.28. The summed E-state index contributed by atoms with van der Waals surface area (Å²) in [4.78, 5) is -0.388. The van der Waals surface area contributed by atoms with Crippen LogP contribution in [-0.4, -0.2) is 21.0 Å². The molecule has 3 N–H and O–H groups in total. The van der Waals surface area contributed by atoms with Crippen LogP contribution in [0, 0.1) is 11.7 Å². The summed E-state index contributed by atoms with van der Waals surface area (Å²) in [6.45, 7) is 0.207. The molecule has 0 unspecified atom stereocenters. The van der Waals surface area contributed by atoms with E-state index in [0.717, 1.165) is 31.7 Å². The van der Waals surface area contributed by atoms with Crippen LogP contribution in [0.3, 0.4) is 0 Å². The van der Waals surface area contributed by atoms with Gasteiger partial charge in [0.25, 0.3) is 0 Å². The van der Waals surface area contributed by atoms with Crippen molar-refractivity contribution in [1.29, 1.82) is 0 Å². The van der Waals surface area contributed by atoms with Gasteiger partial charge in [0.05, 0.1) is 0 Å². The van der Waals surface area contributed by atoms with Crippen LogP contribution in [0.2, 0.25) is 5.02 Å². The average Bonchev–Trinajstić information content (AvgIpc) is 2.45. The van der Waals surface area contributed by atoms with E-state index in [2.05, 4.69) is 4.72 Å². The molecule has 0 spiro atoms. The Morgan fingerprint density at radius 2 is 2.00 bits per heavy atom. The first-order chi connectivity index (χ1) is 9.94. The Bertz CT molecular complexity index is 589. The minimum atomic E-state index is -3.93. The fourth-order valence-electron chi connectivity index (χ4n) is 2.83. The van der Waals surface area contributed by atoms with Crippen molar-refractivity contribution in [3.05, 3.63) is 29.0 Å². The van der Waals surface area contributed by atoms with Crippen molar-refractivity contribution in [3.63, 3.8) is 0 Å². The molecule has 1 aliphatic rings. The third-order valence-electron chi connectivity index (χ3n) is 3.96. The molecule has 0 amide bonds. The van der Waals surface area contributed by atoms with E-state index in [1.54, 1.807) is 0 Å². The number of halogens is 2. The Balaban J connectivity index is 2.18. The molecule has 4 nitrogen and oxygen atoms in total. The largest absolute Gasteiger partial charge is 0.329 e. The zero-order chi connectivity index (χ0) is 15.5. The molecule has 7 heteroatoms. The number of rotatable bonds is 5.